The molecule has 26 heavy (non-hydrogen) atoms. The van der Waals surface area contributed by atoms with Crippen LogP contribution in [0.25, 0.3) is 6.08 Å². The first-order chi connectivity index (χ1) is 12.6. The van der Waals surface area contributed by atoms with E-state index >= 15 is 0 Å². The van der Waals surface area contributed by atoms with Crippen LogP contribution in [0.4, 0.5) is 0 Å². The number of benzene rings is 2. The van der Waals surface area contributed by atoms with Crippen molar-refractivity contribution in [1.82, 2.24) is 4.90 Å². The zero-order valence-electron chi connectivity index (χ0n) is 14.9. The SMILES string of the molecule is COc1ccc(OC)c([C@H]2CCCN2C(=O)/C=C/c2ccc(Br)cc2)c1. The normalized spacial score (nSPS) is 16.9. The summed E-state index contributed by atoms with van der Waals surface area (Å²) in [6.45, 7) is 0.745. The van der Waals surface area contributed by atoms with Crippen molar-refractivity contribution in [3.8, 4) is 11.5 Å². The maximum Gasteiger partial charge on any atom is 0.247 e. The van der Waals surface area contributed by atoms with E-state index in [1.807, 2.05) is 53.4 Å². The average Bonchev–Trinajstić information content (AvgIpc) is 3.16. The quantitative estimate of drug-likeness (QED) is 0.655. The number of carbonyl (C=O) groups is 1. The van der Waals surface area contributed by atoms with Crippen LogP contribution in [-0.4, -0.2) is 31.6 Å². The summed E-state index contributed by atoms with van der Waals surface area (Å²) in [7, 11) is 3.30. The number of hydrogen-bond acceptors (Lipinski definition) is 3. The number of likely N-dealkylation sites (tertiary alicyclic amines) is 1. The molecule has 0 aliphatic carbocycles. The van der Waals surface area contributed by atoms with Gasteiger partial charge in [0.1, 0.15) is 11.5 Å². The molecule has 0 bridgehead atoms. The molecule has 0 spiro atoms. The van der Waals surface area contributed by atoms with E-state index in [1.165, 1.54) is 0 Å². The molecule has 1 heterocycles. The van der Waals surface area contributed by atoms with Crippen LogP contribution in [0.15, 0.2) is 53.0 Å². The van der Waals surface area contributed by atoms with Crippen molar-refractivity contribution in [3.05, 3.63) is 64.1 Å². The molecule has 1 atom stereocenters. The Bertz CT molecular complexity index is 801. The van der Waals surface area contributed by atoms with Crippen molar-refractivity contribution in [1.29, 1.82) is 0 Å². The van der Waals surface area contributed by atoms with Gasteiger partial charge in [-0.3, -0.25) is 4.79 Å². The number of halogens is 1. The Hall–Kier alpha value is -2.27. The van der Waals surface area contributed by atoms with E-state index in [4.69, 9.17) is 9.47 Å². The Labute approximate surface area is 162 Å². The zero-order valence-corrected chi connectivity index (χ0v) is 16.5. The third kappa shape index (κ3) is 4.10. The van der Waals surface area contributed by atoms with Gasteiger partial charge in [0.15, 0.2) is 0 Å². The summed E-state index contributed by atoms with van der Waals surface area (Å²) in [4.78, 5) is 14.7. The van der Waals surface area contributed by atoms with Crippen LogP contribution in [0.2, 0.25) is 0 Å². The summed E-state index contributed by atoms with van der Waals surface area (Å²) < 4.78 is 11.9. The zero-order chi connectivity index (χ0) is 18.5. The van der Waals surface area contributed by atoms with Gasteiger partial charge in [-0.1, -0.05) is 28.1 Å². The van der Waals surface area contributed by atoms with Crippen LogP contribution in [-0.2, 0) is 4.79 Å². The molecule has 136 valence electrons. The number of hydrogen-bond donors (Lipinski definition) is 0. The van der Waals surface area contributed by atoms with Gasteiger partial charge in [0.2, 0.25) is 5.91 Å². The number of amides is 1. The van der Waals surface area contributed by atoms with Gasteiger partial charge in [0.25, 0.3) is 0 Å². The second-order valence-corrected chi connectivity index (χ2v) is 7.10. The molecule has 0 aromatic heterocycles. The van der Waals surface area contributed by atoms with E-state index in [0.717, 1.165) is 46.5 Å². The van der Waals surface area contributed by atoms with E-state index in [9.17, 15) is 4.79 Å². The first-order valence-electron chi connectivity index (χ1n) is 8.58. The molecule has 0 N–H and O–H groups in total. The lowest BCUT2D eigenvalue weighted by Crippen LogP contribution is -2.29. The fraction of sp³-hybridized carbons (Fsp3) is 0.286. The van der Waals surface area contributed by atoms with Gasteiger partial charge in [-0.15, -0.1) is 0 Å². The Morgan fingerprint density at radius 3 is 2.62 bits per heavy atom. The lowest BCUT2D eigenvalue weighted by atomic mass is 10.0. The lowest BCUT2D eigenvalue weighted by Gasteiger charge is -2.25. The molecule has 0 radical (unpaired) electrons. The van der Waals surface area contributed by atoms with Crippen LogP contribution < -0.4 is 9.47 Å². The molecule has 5 heteroatoms. The highest BCUT2D eigenvalue weighted by molar-refractivity contribution is 9.10. The molecule has 0 saturated carbocycles. The Morgan fingerprint density at radius 2 is 1.92 bits per heavy atom. The average molecular weight is 416 g/mol. The van der Waals surface area contributed by atoms with Crippen molar-refractivity contribution < 1.29 is 14.3 Å². The number of methoxy groups -OCH3 is 2. The van der Waals surface area contributed by atoms with Crippen LogP contribution in [0.1, 0.15) is 30.0 Å². The van der Waals surface area contributed by atoms with Crippen molar-refractivity contribution in [2.75, 3.05) is 20.8 Å². The van der Waals surface area contributed by atoms with Crippen molar-refractivity contribution in [2.24, 2.45) is 0 Å². The molecule has 1 amide bonds. The fourth-order valence-electron chi connectivity index (χ4n) is 3.29. The highest BCUT2D eigenvalue weighted by atomic mass is 79.9. The van der Waals surface area contributed by atoms with E-state index in [-0.39, 0.29) is 11.9 Å². The van der Waals surface area contributed by atoms with Crippen LogP contribution in [0.3, 0.4) is 0 Å². The second-order valence-electron chi connectivity index (χ2n) is 6.18. The number of ether oxygens (including phenoxy) is 2. The maximum absolute atomic E-state index is 12.8. The summed E-state index contributed by atoms with van der Waals surface area (Å²) in [5.41, 5.74) is 1.99. The summed E-state index contributed by atoms with van der Waals surface area (Å²) in [6.07, 6.45) is 5.39. The van der Waals surface area contributed by atoms with Gasteiger partial charge < -0.3 is 14.4 Å². The molecule has 2 aromatic rings. The standard InChI is InChI=1S/C21H22BrNO3/c1-25-17-10-11-20(26-2)18(14-17)19-4-3-13-23(19)21(24)12-7-15-5-8-16(22)9-6-15/h5-12,14,19H,3-4,13H2,1-2H3/b12-7+/t19-/m1/s1. The van der Waals surface area contributed by atoms with E-state index < -0.39 is 0 Å². The first kappa shape index (κ1) is 18.5. The first-order valence-corrected chi connectivity index (χ1v) is 9.38. The number of rotatable bonds is 5. The lowest BCUT2D eigenvalue weighted by molar-refractivity contribution is -0.126. The molecule has 0 unspecified atom stereocenters. The number of nitrogens with zero attached hydrogens (tertiary/aromatic N) is 1. The second kappa shape index (κ2) is 8.41. The molecular formula is C21H22BrNO3. The molecule has 1 aliphatic heterocycles. The Kier molecular flexibility index (Phi) is 5.99. The monoisotopic (exact) mass is 415 g/mol. The fourth-order valence-corrected chi connectivity index (χ4v) is 3.56. The van der Waals surface area contributed by atoms with Gasteiger partial charge in [0.05, 0.1) is 20.3 Å². The smallest absolute Gasteiger partial charge is 0.247 e. The predicted molar refractivity (Wildman–Crippen MR) is 106 cm³/mol. The van der Waals surface area contributed by atoms with E-state index in [0.29, 0.717) is 0 Å². The van der Waals surface area contributed by atoms with Crippen LogP contribution in [0, 0.1) is 0 Å². The van der Waals surface area contributed by atoms with E-state index in [1.54, 1.807) is 20.3 Å². The highest BCUT2D eigenvalue weighted by Crippen LogP contribution is 2.39. The summed E-state index contributed by atoms with van der Waals surface area (Å²) >= 11 is 3.42. The van der Waals surface area contributed by atoms with Gasteiger partial charge in [0, 0.05) is 22.7 Å². The topological polar surface area (TPSA) is 38.8 Å². The molecule has 1 aliphatic rings. The minimum absolute atomic E-state index is 0.00196. The molecule has 3 rings (SSSR count). The molecule has 4 nitrogen and oxygen atoms in total. The summed E-state index contributed by atoms with van der Waals surface area (Å²) in [5.74, 6) is 1.57. The molecule has 1 saturated heterocycles. The third-order valence-corrected chi connectivity index (χ3v) is 5.15. The highest BCUT2D eigenvalue weighted by Gasteiger charge is 2.31. The Balaban J connectivity index is 1.81. The number of carbonyl (C=O) groups excluding carboxylic acids is 1. The minimum Gasteiger partial charge on any atom is -0.497 e. The molecule has 2 aromatic carbocycles. The van der Waals surface area contributed by atoms with Crippen LogP contribution >= 0.6 is 15.9 Å². The van der Waals surface area contributed by atoms with Gasteiger partial charge >= 0.3 is 0 Å². The third-order valence-electron chi connectivity index (χ3n) is 4.62. The largest absolute Gasteiger partial charge is 0.497 e. The summed E-state index contributed by atoms with van der Waals surface area (Å²) in [6, 6.07) is 13.6. The predicted octanol–water partition coefficient (Wildman–Crippen LogP) is 4.84. The van der Waals surface area contributed by atoms with Crippen molar-refractivity contribution >= 4 is 27.9 Å². The summed E-state index contributed by atoms with van der Waals surface area (Å²) in [5, 5.41) is 0. The van der Waals surface area contributed by atoms with Gasteiger partial charge in [-0.05, 0) is 54.8 Å². The molecular weight excluding hydrogens is 394 g/mol. The van der Waals surface area contributed by atoms with Gasteiger partial charge in [-0.2, -0.15) is 0 Å². The minimum atomic E-state index is 0.00196. The molecule has 1 fully saturated rings. The Morgan fingerprint density at radius 1 is 1.15 bits per heavy atom. The van der Waals surface area contributed by atoms with E-state index in [2.05, 4.69) is 15.9 Å². The van der Waals surface area contributed by atoms with Crippen LogP contribution in [0.5, 0.6) is 11.5 Å². The van der Waals surface area contributed by atoms with Crippen molar-refractivity contribution in [3.63, 3.8) is 0 Å². The maximum atomic E-state index is 12.8. The van der Waals surface area contributed by atoms with Gasteiger partial charge in [-0.25, -0.2) is 0 Å². The van der Waals surface area contributed by atoms with Crippen molar-refractivity contribution in [2.45, 2.75) is 18.9 Å².